The molecule has 0 saturated heterocycles. The van der Waals surface area contributed by atoms with Gasteiger partial charge in [-0.05, 0) is 86.9 Å². The molecular weight excluding hydrogens is 312 g/mol. The predicted octanol–water partition coefficient (Wildman–Crippen LogP) is 3.88. The molecule has 2 N–H and O–H groups in total. The van der Waals surface area contributed by atoms with Crippen LogP contribution in [0.25, 0.3) is 0 Å². The number of fused-ring (bicyclic) bond motifs is 5. The summed E-state index contributed by atoms with van der Waals surface area (Å²) >= 11 is 0. The minimum absolute atomic E-state index is 0.129. The van der Waals surface area contributed by atoms with Gasteiger partial charge in [0.05, 0.1) is 12.2 Å². The highest BCUT2D eigenvalue weighted by Crippen LogP contribution is 2.66. The lowest BCUT2D eigenvalue weighted by atomic mass is 9.46. The van der Waals surface area contributed by atoms with Gasteiger partial charge in [-0.2, -0.15) is 0 Å². The van der Waals surface area contributed by atoms with Gasteiger partial charge in [0.1, 0.15) is 5.78 Å². The van der Waals surface area contributed by atoms with E-state index in [1.807, 2.05) is 0 Å². The third kappa shape index (κ3) is 2.41. The molecule has 3 fully saturated rings. The van der Waals surface area contributed by atoms with Crippen LogP contribution in [0.5, 0.6) is 0 Å². The van der Waals surface area contributed by atoms with Crippen molar-refractivity contribution >= 4 is 5.78 Å². The zero-order valence-corrected chi connectivity index (χ0v) is 16.1. The van der Waals surface area contributed by atoms with E-state index in [0.29, 0.717) is 36.4 Å². The first-order valence-electron chi connectivity index (χ1n) is 10.3. The Bertz CT molecular complexity index is 610. The van der Waals surface area contributed by atoms with E-state index in [2.05, 4.69) is 19.9 Å². The van der Waals surface area contributed by atoms with Gasteiger partial charge in [0.25, 0.3) is 0 Å². The number of hydrogen-bond acceptors (Lipinski definition) is 3. The summed E-state index contributed by atoms with van der Waals surface area (Å²) in [5.74, 6) is 2.71. The second-order valence-corrected chi connectivity index (χ2v) is 10.1. The zero-order chi connectivity index (χ0) is 18.0. The lowest BCUT2D eigenvalue weighted by Gasteiger charge is -2.58. The maximum Gasteiger partial charge on any atom is 0.133 e. The Morgan fingerprint density at radius 1 is 1.16 bits per heavy atom. The third-order valence-electron chi connectivity index (χ3n) is 9.04. The van der Waals surface area contributed by atoms with Crippen molar-refractivity contribution in [1.82, 2.24) is 0 Å². The Labute approximate surface area is 151 Å². The van der Waals surface area contributed by atoms with Crippen LogP contribution in [0.2, 0.25) is 0 Å². The first-order valence-corrected chi connectivity index (χ1v) is 10.3. The number of aliphatic hydroxyl groups excluding tert-OH is 1. The molecule has 0 heterocycles. The normalized spacial score (nSPS) is 52.0. The van der Waals surface area contributed by atoms with Crippen LogP contribution < -0.4 is 0 Å². The van der Waals surface area contributed by atoms with E-state index in [-0.39, 0.29) is 23.4 Å². The molecule has 0 aromatic heterocycles. The lowest BCUT2D eigenvalue weighted by molar-refractivity contribution is -0.128. The summed E-state index contributed by atoms with van der Waals surface area (Å²) in [6.07, 6.45) is 10.5. The maximum absolute atomic E-state index is 12.2. The van der Waals surface area contributed by atoms with Gasteiger partial charge < -0.3 is 10.2 Å². The number of Topliss-reactive ketones (excluding diaryl/α,β-unsaturated/α-hetero) is 1. The fraction of sp³-hybridized carbons (Fsp3) is 0.864. The third-order valence-corrected chi connectivity index (χ3v) is 9.04. The monoisotopic (exact) mass is 346 g/mol. The van der Waals surface area contributed by atoms with Gasteiger partial charge in [0, 0.05) is 5.92 Å². The number of carbonyl (C=O) groups is 1. The van der Waals surface area contributed by atoms with E-state index in [9.17, 15) is 15.0 Å². The van der Waals surface area contributed by atoms with E-state index in [4.69, 9.17) is 0 Å². The van der Waals surface area contributed by atoms with Gasteiger partial charge in [0.2, 0.25) is 0 Å². The molecule has 0 aliphatic heterocycles. The van der Waals surface area contributed by atoms with Crippen molar-refractivity contribution < 1.29 is 15.0 Å². The molecule has 3 heteroatoms. The number of hydrogen-bond donors (Lipinski definition) is 2. The summed E-state index contributed by atoms with van der Waals surface area (Å²) < 4.78 is 0. The maximum atomic E-state index is 12.2. The Morgan fingerprint density at radius 3 is 2.60 bits per heavy atom. The molecule has 140 valence electrons. The first kappa shape index (κ1) is 17.7. The Morgan fingerprint density at radius 2 is 1.92 bits per heavy atom. The minimum atomic E-state index is -0.908. The zero-order valence-electron chi connectivity index (χ0n) is 16.1. The molecule has 3 nitrogen and oxygen atoms in total. The number of carbonyl (C=O) groups excluding carboxylic acids is 1. The van der Waals surface area contributed by atoms with E-state index in [1.54, 1.807) is 6.92 Å². The lowest BCUT2D eigenvalue weighted by Crippen LogP contribution is -2.53. The Kier molecular flexibility index (Phi) is 4.01. The van der Waals surface area contributed by atoms with E-state index in [1.165, 1.54) is 24.8 Å². The van der Waals surface area contributed by atoms with Crippen LogP contribution in [0, 0.1) is 34.5 Å². The van der Waals surface area contributed by atoms with Crippen molar-refractivity contribution in [3.05, 3.63) is 11.6 Å². The number of allylic oxidation sites excluding steroid dienone is 1. The molecule has 0 amide bonds. The van der Waals surface area contributed by atoms with Crippen molar-refractivity contribution in [3.63, 3.8) is 0 Å². The summed E-state index contributed by atoms with van der Waals surface area (Å²) in [7, 11) is 0. The van der Waals surface area contributed by atoms with E-state index in [0.717, 1.165) is 19.3 Å². The average molecular weight is 347 g/mol. The highest BCUT2D eigenvalue weighted by atomic mass is 16.3. The van der Waals surface area contributed by atoms with Gasteiger partial charge in [0.15, 0.2) is 0 Å². The molecule has 4 aliphatic carbocycles. The van der Waals surface area contributed by atoms with Gasteiger partial charge in [-0.3, -0.25) is 4.79 Å². The molecule has 0 unspecified atom stereocenters. The largest absolute Gasteiger partial charge is 0.393 e. The standard InChI is InChI=1S/C22H34O3/c1-14(24)17-6-7-18-16-5-4-15-12-22(25,13-23)11-10-20(15,2)19(16)8-9-21(17,18)3/h4,16-19,23,25H,5-13H2,1-3H3/t16-,17+,18-,19-,20-,21+,22-/m0/s1. The van der Waals surface area contributed by atoms with Crippen molar-refractivity contribution in [2.45, 2.75) is 77.7 Å². The number of ketones is 1. The predicted molar refractivity (Wildman–Crippen MR) is 97.9 cm³/mol. The molecule has 4 aliphatic rings. The first-order chi connectivity index (χ1) is 11.7. The molecule has 0 bridgehead atoms. The van der Waals surface area contributed by atoms with Crippen LogP contribution in [0.4, 0.5) is 0 Å². The number of rotatable bonds is 2. The molecule has 3 saturated carbocycles. The molecule has 25 heavy (non-hydrogen) atoms. The van der Waals surface area contributed by atoms with Crippen LogP contribution in [-0.4, -0.2) is 28.2 Å². The van der Waals surface area contributed by atoms with E-state index < -0.39 is 5.60 Å². The van der Waals surface area contributed by atoms with Crippen molar-refractivity contribution in [2.24, 2.45) is 34.5 Å². The Hall–Kier alpha value is -0.670. The minimum Gasteiger partial charge on any atom is -0.393 e. The van der Waals surface area contributed by atoms with Crippen LogP contribution >= 0.6 is 0 Å². The summed E-state index contributed by atoms with van der Waals surface area (Å²) in [5.41, 5.74) is 0.866. The summed E-state index contributed by atoms with van der Waals surface area (Å²) in [6, 6.07) is 0. The molecule has 0 radical (unpaired) electrons. The van der Waals surface area contributed by atoms with Crippen molar-refractivity contribution in [3.8, 4) is 0 Å². The summed E-state index contributed by atoms with van der Waals surface area (Å²) in [5, 5.41) is 20.2. The van der Waals surface area contributed by atoms with Crippen molar-refractivity contribution in [2.75, 3.05) is 6.61 Å². The summed E-state index contributed by atoms with van der Waals surface area (Å²) in [4.78, 5) is 12.2. The quantitative estimate of drug-likeness (QED) is 0.746. The van der Waals surface area contributed by atoms with Gasteiger partial charge in [-0.15, -0.1) is 0 Å². The SMILES string of the molecule is CC(=O)[C@H]1CC[C@H]2[C@@H]3CC=C4C[C@](O)(CO)CC[C@]4(C)[C@H]3CC[C@]12C. The summed E-state index contributed by atoms with van der Waals surface area (Å²) in [6.45, 7) is 6.46. The average Bonchev–Trinajstić information content (AvgIpc) is 2.93. The molecule has 0 aromatic rings. The molecule has 0 aromatic carbocycles. The van der Waals surface area contributed by atoms with Crippen LogP contribution in [0.1, 0.15) is 72.1 Å². The molecule has 4 rings (SSSR count). The molecular formula is C22H34O3. The second kappa shape index (κ2) is 5.66. The smallest absolute Gasteiger partial charge is 0.133 e. The van der Waals surface area contributed by atoms with Gasteiger partial charge >= 0.3 is 0 Å². The fourth-order valence-electron chi connectivity index (χ4n) is 7.51. The van der Waals surface area contributed by atoms with Crippen LogP contribution in [0.3, 0.4) is 0 Å². The second-order valence-electron chi connectivity index (χ2n) is 10.1. The topological polar surface area (TPSA) is 57.5 Å². The molecule has 0 spiro atoms. The van der Waals surface area contributed by atoms with Crippen molar-refractivity contribution in [1.29, 1.82) is 0 Å². The van der Waals surface area contributed by atoms with Gasteiger partial charge in [-0.1, -0.05) is 25.5 Å². The van der Waals surface area contributed by atoms with E-state index >= 15 is 0 Å². The highest BCUT2D eigenvalue weighted by molar-refractivity contribution is 5.79. The van der Waals surface area contributed by atoms with Crippen LogP contribution in [0.15, 0.2) is 11.6 Å². The fourth-order valence-corrected chi connectivity index (χ4v) is 7.51. The highest BCUT2D eigenvalue weighted by Gasteiger charge is 2.60. The Balaban J connectivity index is 1.64. The van der Waals surface area contributed by atoms with Gasteiger partial charge in [-0.25, -0.2) is 0 Å². The molecule has 7 atom stereocenters. The van der Waals surface area contributed by atoms with Crippen LogP contribution in [-0.2, 0) is 4.79 Å². The number of aliphatic hydroxyl groups is 2.